The summed E-state index contributed by atoms with van der Waals surface area (Å²) < 4.78 is 11.1. The van der Waals surface area contributed by atoms with Crippen LogP contribution in [0, 0.1) is 5.92 Å². The van der Waals surface area contributed by atoms with Crippen molar-refractivity contribution in [1.29, 1.82) is 0 Å². The molecule has 0 spiro atoms. The Balaban J connectivity index is 1.42. The van der Waals surface area contributed by atoms with Gasteiger partial charge in [-0.3, -0.25) is 9.59 Å². The zero-order valence-electron chi connectivity index (χ0n) is 17.9. The van der Waals surface area contributed by atoms with E-state index in [-0.39, 0.29) is 23.8 Å². The minimum absolute atomic E-state index is 0.155. The van der Waals surface area contributed by atoms with E-state index in [1.165, 1.54) is 11.1 Å². The van der Waals surface area contributed by atoms with Crippen molar-refractivity contribution >= 4 is 17.5 Å². The quantitative estimate of drug-likeness (QED) is 0.665. The Morgan fingerprint density at radius 2 is 1.81 bits per heavy atom. The molecule has 2 amide bonds. The van der Waals surface area contributed by atoms with Crippen LogP contribution in [-0.2, 0) is 22.6 Å². The molecule has 2 heterocycles. The molecule has 3 N–H and O–H groups in total. The summed E-state index contributed by atoms with van der Waals surface area (Å²) in [5, 5.41) is 9.16. The average molecular weight is 424 g/mol. The first-order valence-electron chi connectivity index (χ1n) is 10.8. The Hall–Kier alpha value is -3.06. The molecule has 0 fully saturated rings. The first kappa shape index (κ1) is 21.2. The van der Waals surface area contributed by atoms with Gasteiger partial charge in [-0.1, -0.05) is 38.1 Å². The Morgan fingerprint density at radius 1 is 1.06 bits per heavy atom. The number of amides is 2. The van der Waals surface area contributed by atoms with E-state index in [0.29, 0.717) is 49.8 Å². The lowest BCUT2D eigenvalue weighted by Gasteiger charge is -2.28. The van der Waals surface area contributed by atoms with Gasteiger partial charge in [-0.15, -0.1) is 0 Å². The van der Waals surface area contributed by atoms with Crippen LogP contribution in [0.3, 0.4) is 0 Å². The van der Waals surface area contributed by atoms with Crippen molar-refractivity contribution in [3.63, 3.8) is 0 Å². The highest BCUT2D eigenvalue weighted by atomic mass is 16.6. The number of hydrogen-bond acceptors (Lipinski definition) is 5. The van der Waals surface area contributed by atoms with Crippen LogP contribution in [0.5, 0.6) is 11.5 Å². The van der Waals surface area contributed by atoms with Crippen LogP contribution >= 0.6 is 0 Å². The van der Waals surface area contributed by atoms with Gasteiger partial charge in [0.15, 0.2) is 11.5 Å². The number of rotatable bonds is 6. The Labute approximate surface area is 182 Å². The van der Waals surface area contributed by atoms with Gasteiger partial charge in [-0.25, -0.2) is 0 Å². The summed E-state index contributed by atoms with van der Waals surface area (Å²) in [5.74, 6) is 1.13. The molecule has 2 aliphatic rings. The topological polar surface area (TPSA) is 88.7 Å². The summed E-state index contributed by atoms with van der Waals surface area (Å²) in [4.78, 5) is 26.0. The number of hydrogen-bond donors (Lipinski definition) is 3. The third-order valence-electron chi connectivity index (χ3n) is 5.55. The van der Waals surface area contributed by atoms with Gasteiger partial charge in [0.1, 0.15) is 19.3 Å². The minimum atomic E-state index is -0.625. The molecule has 0 aromatic heterocycles. The van der Waals surface area contributed by atoms with Crippen LogP contribution in [0.2, 0.25) is 0 Å². The molecule has 31 heavy (non-hydrogen) atoms. The predicted molar refractivity (Wildman–Crippen MR) is 118 cm³/mol. The number of carbonyl (C=O) groups excluding carboxylic acids is 2. The van der Waals surface area contributed by atoms with Crippen molar-refractivity contribution in [1.82, 2.24) is 10.6 Å². The van der Waals surface area contributed by atoms with E-state index in [2.05, 4.69) is 28.1 Å². The smallest absolute Gasteiger partial charge is 0.246 e. The summed E-state index contributed by atoms with van der Waals surface area (Å²) >= 11 is 0. The number of fused-ring (bicyclic) bond motifs is 2. The molecular weight excluding hydrogens is 394 g/mol. The second-order valence-electron chi connectivity index (χ2n) is 8.44. The normalized spacial score (nSPS) is 18.1. The van der Waals surface area contributed by atoms with Crippen LogP contribution < -0.4 is 25.4 Å². The Bertz CT molecular complexity index is 960. The monoisotopic (exact) mass is 423 g/mol. The Morgan fingerprint density at radius 3 is 2.58 bits per heavy atom. The molecule has 2 aliphatic heterocycles. The van der Waals surface area contributed by atoms with E-state index >= 15 is 0 Å². The lowest BCUT2D eigenvalue weighted by atomic mass is 9.95. The number of nitrogens with one attached hydrogen (secondary N) is 3. The number of ether oxygens (including phenoxy) is 2. The first-order chi connectivity index (χ1) is 15.0. The third kappa shape index (κ3) is 5.17. The van der Waals surface area contributed by atoms with Crippen molar-refractivity contribution in [2.75, 3.05) is 18.5 Å². The molecule has 2 atom stereocenters. The van der Waals surface area contributed by atoms with Crippen molar-refractivity contribution in [3.05, 3.63) is 53.6 Å². The van der Waals surface area contributed by atoms with Gasteiger partial charge in [0.25, 0.3) is 0 Å². The summed E-state index contributed by atoms with van der Waals surface area (Å²) in [6.45, 7) is 5.71. The lowest BCUT2D eigenvalue weighted by Crippen LogP contribution is -2.53. The molecule has 0 radical (unpaired) electrons. The fourth-order valence-electron chi connectivity index (χ4n) is 3.97. The van der Waals surface area contributed by atoms with E-state index in [9.17, 15) is 9.59 Å². The number of carbonyl (C=O) groups is 2. The summed E-state index contributed by atoms with van der Waals surface area (Å²) in [6, 6.07) is 12.4. The van der Waals surface area contributed by atoms with E-state index < -0.39 is 6.04 Å². The Kier molecular flexibility index (Phi) is 6.42. The largest absolute Gasteiger partial charge is 0.486 e. The van der Waals surface area contributed by atoms with E-state index in [0.717, 1.165) is 0 Å². The van der Waals surface area contributed by atoms with Gasteiger partial charge in [0.05, 0.1) is 6.04 Å². The van der Waals surface area contributed by atoms with Crippen LogP contribution in [0.4, 0.5) is 5.69 Å². The maximum absolute atomic E-state index is 13.0. The number of anilines is 1. The van der Waals surface area contributed by atoms with Crippen LogP contribution in [0.15, 0.2) is 42.5 Å². The molecule has 164 valence electrons. The molecular formula is C24H29N3O4. The standard InChI is InChI=1S/C24H29N3O4/c1-15(2)11-20(24(29)26-18-7-8-21-22(13-18)31-10-9-30-21)27-23(28)19-12-16-5-3-4-6-17(16)14-25-19/h3-8,13,15,19-20,25H,9-12,14H2,1-2H3,(H,26,29)(H,27,28)/t19-,20-/m1/s1. The van der Waals surface area contributed by atoms with Crippen LogP contribution in [0.25, 0.3) is 0 Å². The van der Waals surface area contributed by atoms with Gasteiger partial charge in [-0.2, -0.15) is 0 Å². The zero-order chi connectivity index (χ0) is 21.8. The van der Waals surface area contributed by atoms with Gasteiger partial charge >= 0.3 is 0 Å². The fourth-order valence-corrected chi connectivity index (χ4v) is 3.97. The van der Waals surface area contributed by atoms with Gasteiger partial charge in [0.2, 0.25) is 11.8 Å². The molecule has 2 aromatic carbocycles. The SMILES string of the molecule is CC(C)C[C@@H](NC(=O)[C@H]1Cc2ccccc2CN1)C(=O)Nc1ccc2c(c1)OCCO2. The lowest BCUT2D eigenvalue weighted by molar-refractivity contribution is -0.128. The van der Waals surface area contributed by atoms with Crippen molar-refractivity contribution < 1.29 is 19.1 Å². The molecule has 0 unspecified atom stereocenters. The first-order valence-corrected chi connectivity index (χ1v) is 10.8. The molecule has 7 heteroatoms. The molecule has 4 rings (SSSR count). The van der Waals surface area contributed by atoms with Crippen LogP contribution in [-0.4, -0.2) is 37.1 Å². The maximum atomic E-state index is 13.0. The summed E-state index contributed by atoms with van der Waals surface area (Å²) in [5.41, 5.74) is 2.99. The zero-order valence-corrected chi connectivity index (χ0v) is 17.9. The molecule has 2 aromatic rings. The average Bonchev–Trinajstić information content (AvgIpc) is 2.77. The number of benzene rings is 2. The van der Waals surface area contributed by atoms with Crippen LogP contribution in [0.1, 0.15) is 31.4 Å². The second kappa shape index (κ2) is 9.39. The van der Waals surface area contributed by atoms with Gasteiger partial charge in [0, 0.05) is 18.3 Å². The fraction of sp³-hybridized carbons (Fsp3) is 0.417. The molecule has 0 aliphatic carbocycles. The predicted octanol–water partition coefficient (Wildman–Crippen LogP) is 2.64. The maximum Gasteiger partial charge on any atom is 0.246 e. The summed E-state index contributed by atoms with van der Waals surface area (Å²) in [7, 11) is 0. The molecule has 7 nitrogen and oxygen atoms in total. The summed E-state index contributed by atoms with van der Waals surface area (Å²) in [6.07, 6.45) is 1.16. The van der Waals surface area contributed by atoms with Crippen molar-refractivity contribution in [3.8, 4) is 11.5 Å². The van der Waals surface area contributed by atoms with E-state index in [4.69, 9.17) is 9.47 Å². The van der Waals surface area contributed by atoms with Gasteiger partial charge in [-0.05, 0) is 42.0 Å². The molecule has 0 saturated carbocycles. The van der Waals surface area contributed by atoms with Gasteiger partial charge < -0.3 is 25.4 Å². The highest BCUT2D eigenvalue weighted by Gasteiger charge is 2.29. The van der Waals surface area contributed by atoms with E-state index in [1.807, 2.05) is 26.0 Å². The molecule has 0 bridgehead atoms. The van der Waals surface area contributed by atoms with Crippen molar-refractivity contribution in [2.45, 2.75) is 45.3 Å². The third-order valence-corrected chi connectivity index (χ3v) is 5.55. The highest BCUT2D eigenvalue weighted by molar-refractivity contribution is 5.98. The molecule has 0 saturated heterocycles. The van der Waals surface area contributed by atoms with Crippen molar-refractivity contribution in [2.24, 2.45) is 5.92 Å². The highest BCUT2D eigenvalue weighted by Crippen LogP contribution is 2.32. The minimum Gasteiger partial charge on any atom is -0.486 e. The van der Waals surface area contributed by atoms with E-state index in [1.54, 1.807) is 18.2 Å². The second-order valence-corrected chi connectivity index (χ2v) is 8.44.